The van der Waals surface area contributed by atoms with Gasteiger partial charge in [-0.05, 0) is 18.1 Å². The van der Waals surface area contributed by atoms with E-state index in [2.05, 4.69) is 11.8 Å². The third kappa shape index (κ3) is 2.69. The van der Waals surface area contributed by atoms with Gasteiger partial charge in [0.25, 0.3) is 0 Å². The second-order valence-corrected chi connectivity index (χ2v) is 2.77. The number of hydrogen-bond donors (Lipinski definition) is 1. The van der Waals surface area contributed by atoms with Gasteiger partial charge in [0, 0.05) is 11.1 Å². The summed E-state index contributed by atoms with van der Waals surface area (Å²) in [5.74, 6) is 4.97. The van der Waals surface area contributed by atoms with Crippen LogP contribution in [0.3, 0.4) is 0 Å². The Morgan fingerprint density at radius 1 is 1.54 bits per heavy atom. The largest absolute Gasteiger partial charge is 0.389 e. The SMILES string of the molecule is NC(=S)c1cccc(C#CC=O)c1. The summed E-state index contributed by atoms with van der Waals surface area (Å²) in [4.78, 5) is 10.3. The van der Waals surface area contributed by atoms with Gasteiger partial charge in [0.15, 0.2) is 6.29 Å². The van der Waals surface area contributed by atoms with Crippen molar-refractivity contribution >= 4 is 23.5 Å². The molecule has 0 atom stereocenters. The van der Waals surface area contributed by atoms with E-state index >= 15 is 0 Å². The van der Waals surface area contributed by atoms with Crippen molar-refractivity contribution in [2.45, 2.75) is 0 Å². The Balaban J connectivity index is 3.05. The molecule has 0 aromatic heterocycles. The van der Waals surface area contributed by atoms with Gasteiger partial charge in [-0.2, -0.15) is 0 Å². The molecule has 1 rings (SSSR count). The Morgan fingerprint density at radius 3 is 2.92 bits per heavy atom. The Kier molecular flexibility index (Phi) is 3.18. The van der Waals surface area contributed by atoms with Crippen LogP contribution >= 0.6 is 12.2 Å². The lowest BCUT2D eigenvalue weighted by Crippen LogP contribution is -2.08. The van der Waals surface area contributed by atoms with Crippen LogP contribution in [0.2, 0.25) is 0 Å². The van der Waals surface area contributed by atoms with Gasteiger partial charge in [-0.25, -0.2) is 0 Å². The van der Waals surface area contributed by atoms with Crippen molar-refractivity contribution < 1.29 is 4.79 Å². The number of aldehydes is 1. The smallest absolute Gasteiger partial charge is 0.193 e. The van der Waals surface area contributed by atoms with Crippen LogP contribution in [-0.4, -0.2) is 11.3 Å². The topological polar surface area (TPSA) is 43.1 Å². The molecule has 0 amide bonds. The lowest BCUT2D eigenvalue weighted by atomic mass is 10.1. The average molecular weight is 189 g/mol. The molecule has 2 N–H and O–H groups in total. The fourth-order valence-electron chi connectivity index (χ4n) is 0.863. The first-order valence-electron chi connectivity index (χ1n) is 3.59. The fourth-order valence-corrected chi connectivity index (χ4v) is 0.990. The number of carbonyl (C=O) groups excluding carboxylic acids is 1. The molecule has 0 spiro atoms. The molecule has 0 heterocycles. The van der Waals surface area contributed by atoms with E-state index in [0.29, 0.717) is 11.3 Å². The minimum absolute atomic E-state index is 0.328. The molecular formula is C10H7NOS. The normalized spacial score (nSPS) is 8.31. The van der Waals surface area contributed by atoms with E-state index in [-0.39, 0.29) is 0 Å². The predicted molar refractivity (Wildman–Crippen MR) is 55.3 cm³/mol. The van der Waals surface area contributed by atoms with E-state index in [4.69, 9.17) is 18.0 Å². The first kappa shape index (κ1) is 9.43. The number of nitrogens with two attached hydrogens (primary N) is 1. The summed E-state index contributed by atoms with van der Waals surface area (Å²) in [5.41, 5.74) is 6.92. The van der Waals surface area contributed by atoms with E-state index in [0.717, 1.165) is 11.1 Å². The summed E-state index contributed by atoms with van der Waals surface area (Å²) < 4.78 is 0. The number of rotatable bonds is 1. The Labute approximate surface area is 81.8 Å². The molecule has 0 aliphatic carbocycles. The molecule has 0 aliphatic heterocycles. The molecule has 64 valence electrons. The van der Waals surface area contributed by atoms with Gasteiger partial charge >= 0.3 is 0 Å². The molecule has 1 aromatic rings. The minimum Gasteiger partial charge on any atom is -0.389 e. The van der Waals surface area contributed by atoms with Gasteiger partial charge in [0.05, 0.1) is 0 Å². The first-order chi connectivity index (χ1) is 6.24. The predicted octanol–water partition coefficient (Wildman–Crippen LogP) is 0.871. The average Bonchev–Trinajstić information content (AvgIpc) is 2.15. The van der Waals surface area contributed by atoms with Crippen molar-refractivity contribution in [1.29, 1.82) is 0 Å². The van der Waals surface area contributed by atoms with Gasteiger partial charge < -0.3 is 5.73 Å². The number of carbonyl (C=O) groups is 1. The maximum absolute atomic E-state index is 9.97. The Hall–Kier alpha value is -1.66. The summed E-state index contributed by atoms with van der Waals surface area (Å²) in [7, 11) is 0. The Bertz CT molecular complexity index is 401. The second-order valence-electron chi connectivity index (χ2n) is 2.33. The van der Waals surface area contributed by atoms with Gasteiger partial charge in [0.1, 0.15) is 4.99 Å². The third-order valence-corrected chi connectivity index (χ3v) is 1.66. The maximum Gasteiger partial charge on any atom is 0.193 e. The fraction of sp³-hybridized carbons (Fsp3) is 0. The van der Waals surface area contributed by atoms with Crippen molar-refractivity contribution in [3.05, 3.63) is 35.4 Å². The highest BCUT2D eigenvalue weighted by Gasteiger charge is 1.95. The van der Waals surface area contributed by atoms with Crippen LogP contribution in [0.4, 0.5) is 0 Å². The van der Waals surface area contributed by atoms with E-state index in [1.807, 2.05) is 0 Å². The molecule has 0 saturated carbocycles. The molecule has 0 radical (unpaired) electrons. The molecule has 0 aliphatic rings. The number of benzene rings is 1. The van der Waals surface area contributed by atoms with Crippen LogP contribution in [0.25, 0.3) is 0 Å². The highest BCUT2D eigenvalue weighted by Crippen LogP contribution is 2.03. The van der Waals surface area contributed by atoms with Crippen molar-refractivity contribution in [2.24, 2.45) is 5.73 Å². The van der Waals surface area contributed by atoms with Crippen molar-refractivity contribution in [3.63, 3.8) is 0 Å². The lowest BCUT2D eigenvalue weighted by molar-refractivity contribution is -0.103. The third-order valence-electron chi connectivity index (χ3n) is 1.42. The van der Waals surface area contributed by atoms with Gasteiger partial charge in [0.2, 0.25) is 0 Å². The monoisotopic (exact) mass is 189 g/mol. The van der Waals surface area contributed by atoms with Gasteiger partial charge in [-0.1, -0.05) is 30.3 Å². The highest BCUT2D eigenvalue weighted by atomic mass is 32.1. The van der Waals surface area contributed by atoms with Crippen LogP contribution in [0.5, 0.6) is 0 Å². The van der Waals surface area contributed by atoms with Crippen LogP contribution in [0.15, 0.2) is 24.3 Å². The summed E-state index contributed by atoms with van der Waals surface area (Å²) in [6, 6.07) is 7.13. The summed E-state index contributed by atoms with van der Waals surface area (Å²) in [6.07, 6.45) is 0.549. The molecule has 1 aromatic carbocycles. The zero-order valence-corrected chi connectivity index (χ0v) is 7.60. The van der Waals surface area contributed by atoms with Crippen molar-refractivity contribution in [2.75, 3.05) is 0 Å². The van der Waals surface area contributed by atoms with E-state index in [1.54, 1.807) is 24.3 Å². The van der Waals surface area contributed by atoms with Crippen LogP contribution < -0.4 is 5.73 Å². The zero-order chi connectivity index (χ0) is 9.68. The zero-order valence-electron chi connectivity index (χ0n) is 6.78. The molecule has 3 heteroatoms. The quantitative estimate of drug-likeness (QED) is 0.405. The molecular weight excluding hydrogens is 182 g/mol. The second kappa shape index (κ2) is 4.39. The molecule has 13 heavy (non-hydrogen) atoms. The van der Waals surface area contributed by atoms with Gasteiger partial charge in [-0.3, -0.25) is 4.79 Å². The molecule has 0 saturated heterocycles. The molecule has 2 nitrogen and oxygen atoms in total. The summed E-state index contributed by atoms with van der Waals surface area (Å²) in [6.45, 7) is 0. The van der Waals surface area contributed by atoms with Crippen molar-refractivity contribution in [3.8, 4) is 11.8 Å². The lowest BCUT2D eigenvalue weighted by Gasteiger charge is -1.97. The minimum atomic E-state index is 0.328. The standard InChI is InChI=1S/C10H7NOS/c11-10(13)9-5-1-3-8(7-9)4-2-6-12/h1,3,5-7H,(H2,11,13). The summed E-state index contributed by atoms with van der Waals surface area (Å²) >= 11 is 4.79. The Morgan fingerprint density at radius 2 is 2.31 bits per heavy atom. The van der Waals surface area contributed by atoms with E-state index < -0.39 is 0 Å². The number of hydrogen-bond acceptors (Lipinski definition) is 2. The number of thiocarbonyl (C=S) groups is 1. The van der Waals surface area contributed by atoms with E-state index in [1.165, 1.54) is 0 Å². The maximum atomic E-state index is 9.97. The highest BCUT2D eigenvalue weighted by molar-refractivity contribution is 7.80. The molecule has 0 bridgehead atoms. The van der Waals surface area contributed by atoms with Crippen LogP contribution in [0.1, 0.15) is 11.1 Å². The molecule has 0 unspecified atom stereocenters. The van der Waals surface area contributed by atoms with E-state index in [9.17, 15) is 4.79 Å². The van der Waals surface area contributed by atoms with Crippen molar-refractivity contribution in [1.82, 2.24) is 0 Å². The van der Waals surface area contributed by atoms with Crippen LogP contribution in [-0.2, 0) is 4.79 Å². The van der Waals surface area contributed by atoms with Gasteiger partial charge in [-0.15, -0.1) is 0 Å². The first-order valence-corrected chi connectivity index (χ1v) is 4.00. The van der Waals surface area contributed by atoms with Crippen LogP contribution in [0, 0.1) is 11.8 Å². The molecule has 0 fully saturated rings. The summed E-state index contributed by atoms with van der Waals surface area (Å²) in [5, 5.41) is 0.